The molecule has 0 aromatic carbocycles. The van der Waals surface area contributed by atoms with Gasteiger partial charge in [-0.2, -0.15) is 0 Å². The minimum absolute atomic E-state index is 0. The number of nitrogens with two attached hydrogens (primary N) is 2. The van der Waals surface area contributed by atoms with Crippen LogP contribution in [0.5, 0.6) is 0 Å². The van der Waals surface area contributed by atoms with Crippen molar-refractivity contribution in [3.05, 3.63) is 0 Å². The van der Waals surface area contributed by atoms with Gasteiger partial charge in [0.1, 0.15) is 12.1 Å². The molecule has 0 aromatic rings. The standard InChI is InChI=1S/C8H16N2O4S2.CH4O.2ClH/c1-13-7(11)5(9)3-15-16-4-6(10)8(12)14-2;1-2;;/h5-6H,3-4,9-10H2,1-2H3;2H,1H3;2*1H. The van der Waals surface area contributed by atoms with Crippen LogP contribution in [-0.2, 0) is 19.1 Å². The Morgan fingerprint density at radius 1 is 0.950 bits per heavy atom. The van der Waals surface area contributed by atoms with Crippen molar-refractivity contribution in [1.29, 1.82) is 0 Å². The van der Waals surface area contributed by atoms with E-state index in [2.05, 4.69) is 9.47 Å². The lowest BCUT2D eigenvalue weighted by Gasteiger charge is -2.10. The summed E-state index contributed by atoms with van der Waals surface area (Å²) in [6, 6.07) is -1.31. The Labute approximate surface area is 139 Å². The number of esters is 2. The molecule has 11 heteroatoms. The molecule has 5 N–H and O–H groups in total. The molecule has 0 amide bonds. The summed E-state index contributed by atoms with van der Waals surface area (Å²) in [5.41, 5.74) is 11.0. The summed E-state index contributed by atoms with van der Waals surface area (Å²) in [6.07, 6.45) is 0. The Balaban J connectivity index is -0.000000304. The van der Waals surface area contributed by atoms with Crippen LogP contribution in [0.1, 0.15) is 0 Å². The Morgan fingerprint density at radius 2 is 1.20 bits per heavy atom. The molecule has 0 fully saturated rings. The monoisotopic (exact) mass is 372 g/mol. The average Bonchev–Trinajstić information content (AvgIpc) is 2.43. The molecule has 0 aliphatic carbocycles. The van der Waals surface area contributed by atoms with Crippen LogP contribution >= 0.6 is 46.4 Å². The quantitative estimate of drug-likeness (QED) is 0.317. The highest BCUT2D eigenvalue weighted by Crippen LogP contribution is 2.22. The third-order valence-electron chi connectivity index (χ3n) is 1.59. The molecule has 0 aromatic heterocycles. The molecule has 0 radical (unpaired) electrons. The lowest BCUT2D eigenvalue weighted by molar-refractivity contribution is -0.142. The van der Waals surface area contributed by atoms with E-state index in [0.29, 0.717) is 11.5 Å². The SMILES string of the molecule is CO.COC(=O)C(N)CSSCC(N)C(=O)OC.Cl.Cl. The average molecular weight is 373 g/mol. The van der Waals surface area contributed by atoms with Crippen molar-refractivity contribution < 1.29 is 24.2 Å². The fourth-order valence-electron chi connectivity index (χ4n) is 0.682. The number of rotatable bonds is 7. The van der Waals surface area contributed by atoms with E-state index in [0.717, 1.165) is 7.11 Å². The highest BCUT2D eigenvalue weighted by molar-refractivity contribution is 8.76. The fraction of sp³-hybridized carbons (Fsp3) is 0.778. The molecule has 20 heavy (non-hydrogen) atoms. The zero-order valence-corrected chi connectivity index (χ0v) is 14.7. The van der Waals surface area contributed by atoms with Gasteiger partial charge in [0.15, 0.2) is 0 Å². The summed E-state index contributed by atoms with van der Waals surface area (Å²) >= 11 is 0. The van der Waals surface area contributed by atoms with Gasteiger partial charge in [0, 0.05) is 18.6 Å². The van der Waals surface area contributed by atoms with Crippen molar-refractivity contribution in [3.63, 3.8) is 0 Å². The van der Waals surface area contributed by atoms with Crippen LogP contribution in [0.4, 0.5) is 0 Å². The predicted molar refractivity (Wildman–Crippen MR) is 87.5 cm³/mol. The minimum atomic E-state index is -0.656. The number of aliphatic hydroxyl groups is 1. The molecular weight excluding hydrogens is 351 g/mol. The molecule has 124 valence electrons. The number of hydrogen-bond acceptors (Lipinski definition) is 9. The van der Waals surface area contributed by atoms with Crippen LogP contribution in [0.25, 0.3) is 0 Å². The lowest BCUT2D eigenvalue weighted by atomic mass is 10.4. The van der Waals surface area contributed by atoms with Crippen molar-refractivity contribution in [2.75, 3.05) is 32.8 Å². The molecule has 2 atom stereocenters. The van der Waals surface area contributed by atoms with E-state index >= 15 is 0 Å². The molecule has 0 bridgehead atoms. The Hall–Kier alpha value is 0.1000. The van der Waals surface area contributed by atoms with E-state index in [1.165, 1.54) is 35.8 Å². The van der Waals surface area contributed by atoms with Crippen LogP contribution in [0.2, 0.25) is 0 Å². The van der Waals surface area contributed by atoms with E-state index in [1.54, 1.807) is 0 Å². The van der Waals surface area contributed by atoms with Gasteiger partial charge in [-0.15, -0.1) is 24.8 Å². The highest BCUT2D eigenvalue weighted by Gasteiger charge is 2.16. The maximum Gasteiger partial charge on any atom is 0.323 e. The molecule has 0 spiro atoms. The molecular formula is C9H22Cl2N2O5S2. The van der Waals surface area contributed by atoms with Gasteiger partial charge in [0.25, 0.3) is 0 Å². The fourth-order valence-corrected chi connectivity index (χ4v) is 2.90. The normalized spacial score (nSPS) is 11.5. The van der Waals surface area contributed by atoms with E-state index in [9.17, 15) is 9.59 Å². The Bertz CT molecular complexity index is 228. The van der Waals surface area contributed by atoms with Gasteiger partial charge in [0.05, 0.1) is 14.2 Å². The number of carbonyl (C=O) groups is 2. The van der Waals surface area contributed by atoms with Crippen molar-refractivity contribution >= 4 is 58.3 Å². The van der Waals surface area contributed by atoms with Crippen LogP contribution < -0.4 is 11.5 Å². The van der Waals surface area contributed by atoms with Crippen molar-refractivity contribution in [2.45, 2.75) is 12.1 Å². The maximum atomic E-state index is 10.9. The first-order valence-corrected chi connectivity index (χ1v) is 7.37. The minimum Gasteiger partial charge on any atom is -0.468 e. The lowest BCUT2D eigenvalue weighted by Crippen LogP contribution is -2.34. The third kappa shape index (κ3) is 14.5. The van der Waals surface area contributed by atoms with Crippen molar-refractivity contribution in [2.24, 2.45) is 11.5 Å². The Kier molecular flexibility index (Phi) is 27.0. The third-order valence-corrected chi connectivity index (χ3v) is 4.06. The number of methoxy groups -OCH3 is 2. The van der Waals surface area contributed by atoms with Crippen LogP contribution in [0.3, 0.4) is 0 Å². The molecule has 0 rings (SSSR count). The topological polar surface area (TPSA) is 125 Å². The summed E-state index contributed by atoms with van der Waals surface area (Å²) in [7, 11) is 6.30. The van der Waals surface area contributed by atoms with Gasteiger partial charge in [-0.05, 0) is 0 Å². The van der Waals surface area contributed by atoms with Crippen LogP contribution in [0.15, 0.2) is 0 Å². The van der Waals surface area contributed by atoms with Gasteiger partial charge >= 0.3 is 11.9 Å². The zero-order valence-electron chi connectivity index (χ0n) is 11.4. The Morgan fingerprint density at radius 3 is 1.40 bits per heavy atom. The van der Waals surface area contributed by atoms with E-state index < -0.39 is 24.0 Å². The molecule has 0 heterocycles. The molecule has 0 saturated carbocycles. The van der Waals surface area contributed by atoms with E-state index in [-0.39, 0.29) is 24.8 Å². The zero-order chi connectivity index (χ0) is 14.6. The molecule has 2 unspecified atom stereocenters. The van der Waals surface area contributed by atoms with E-state index in [1.807, 2.05) is 0 Å². The smallest absolute Gasteiger partial charge is 0.323 e. The summed E-state index contributed by atoms with van der Waals surface area (Å²) in [5.74, 6) is -0.0908. The molecule has 0 aliphatic heterocycles. The maximum absolute atomic E-state index is 10.9. The number of hydrogen-bond donors (Lipinski definition) is 3. The van der Waals surface area contributed by atoms with Crippen molar-refractivity contribution in [3.8, 4) is 0 Å². The summed E-state index contributed by atoms with van der Waals surface area (Å²) < 4.78 is 8.92. The van der Waals surface area contributed by atoms with Crippen molar-refractivity contribution in [1.82, 2.24) is 0 Å². The molecule has 0 saturated heterocycles. The largest absolute Gasteiger partial charge is 0.468 e. The molecule has 0 aliphatic rings. The number of ether oxygens (including phenoxy) is 2. The number of carbonyl (C=O) groups excluding carboxylic acids is 2. The van der Waals surface area contributed by atoms with Gasteiger partial charge in [-0.25, -0.2) is 0 Å². The first kappa shape index (κ1) is 28.3. The van der Waals surface area contributed by atoms with Gasteiger partial charge < -0.3 is 26.0 Å². The summed E-state index contributed by atoms with van der Waals surface area (Å²) in [5, 5.41) is 7.00. The second-order valence-corrected chi connectivity index (χ2v) is 5.38. The first-order valence-electron chi connectivity index (χ1n) is 4.88. The second kappa shape index (κ2) is 19.1. The van der Waals surface area contributed by atoms with E-state index in [4.69, 9.17) is 16.6 Å². The number of halogens is 2. The highest BCUT2D eigenvalue weighted by atomic mass is 35.5. The van der Waals surface area contributed by atoms with Crippen LogP contribution in [0, 0.1) is 0 Å². The second-order valence-electron chi connectivity index (χ2n) is 2.83. The van der Waals surface area contributed by atoms with Crippen LogP contribution in [-0.4, -0.2) is 62.0 Å². The van der Waals surface area contributed by atoms with Gasteiger partial charge in [-0.3, -0.25) is 9.59 Å². The van der Waals surface area contributed by atoms with Gasteiger partial charge in [-0.1, -0.05) is 21.6 Å². The predicted octanol–water partition coefficient (Wildman–Crippen LogP) is -0.180. The first-order chi connectivity index (χ1) is 8.52. The van der Waals surface area contributed by atoms with Gasteiger partial charge in [0.2, 0.25) is 0 Å². The summed E-state index contributed by atoms with van der Waals surface area (Å²) in [4.78, 5) is 21.9. The summed E-state index contributed by atoms with van der Waals surface area (Å²) in [6.45, 7) is 0. The number of aliphatic hydroxyl groups excluding tert-OH is 1. The molecule has 7 nitrogen and oxygen atoms in total.